The molecule has 1 heteroatoms. The van der Waals surface area contributed by atoms with Gasteiger partial charge in [0.1, 0.15) is 0 Å². The van der Waals surface area contributed by atoms with Crippen LogP contribution in [0, 0.1) is 5.92 Å². The van der Waals surface area contributed by atoms with Gasteiger partial charge in [0, 0.05) is 6.04 Å². The molecule has 0 radical (unpaired) electrons. The maximum absolute atomic E-state index is 2.69. The van der Waals surface area contributed by atoms with Gasteiger partial charge in [0.15, 0.2) is 0 Å². The third kappa shape index (κ3) is 0.968. The minimum absolute atomic E-state index is 0.966. The van der Waals surface area contributed by atoms with E-state index in [0.717, 1.165) is 12.0 Å². The van der Waals surface area contributed by atoms with Gasteiger partial charge in [-0.25, -0.2) is 0 Å². The first kappa shape index (κ1) is 6.66. The standard InChI is InChI=1S/C9H17N/c1-8-5-7-10-6-3-2-4-9(8)10/h8-9H,2-7H2,1H3/t8-,9+/m0/s1. The highest BCUT2D eigenvalue weighted by Gasteiger charge is 2.32. The molecule has 0 aromatic carbocycles. The number of hydrogen-bond donors (Lipinski definition) is 0. The van der Waals surface area contributed by atoms with Gasteiger partial charge in [0.2, 0.25) is 0 Å². The van der Waals surface area contributed by atoms with Crippen molar-refractivity contribution in [3.8, 4) is 0 Å². The number of hydrogen-bond acceptors (Lipinski definition) is 1. The zero-order valence-corrected chi connectivity index (χ0v) is 6.84. The summed E-state index contributed by atoms with van der Waals surface area (Å²) in [4.78, 5) is 2.69. The van der Waals surface area contributed by atoms with E-state index >= 15 is 0 Å². The molecule has 0 aliphatic carbocycles. The fourth-order valence-electron chi connectivity index (χ4n) is 2.50. The highest BCUT2D eigenvalue weighted by molar-refractivity contribution is 4.86. The van der Waals surface area contributed by atoms with Gasteiger partial charge in [-0.05, 0) is 38.3 Å². The van der Waals surface area contributed by atoms with Crippen molar-refractivity contribution in [2.45, 2.75) is 38.6 Å². The summed E-state index contributed by atoms with van der Waals surface area (Å²) in [5.74, 6) is 0.986. The van der Waals surface area contributed by atoms with Gasteiger partial charge in [-0.1, -0.05) is 13.3 Å². The molecular formula is C9H17N. The Morgan fingerprint density at radius 2 is 2.00 bits per heavy atom. The second-order valence-corrected chi connectivity index (χ2v) is 3.87. The summed E-state index contributed by atoms with van der Waals surface area (Å²) < 4.78 is 0. The molecule has 58 valence electrons. The highest BCUT2D eigenvalue weighted by Crippen LogP contribution is 2.30. The van der Waals surface area contributed by atoms with Crippen molar-refractivity contribution in [1.29, 1.82) is 0 Å². The maximum atomic E-state index is 2.69. The van der Waals surface area contributed by atoms with Gasteiger partial charge in [-0.3, -0.25) is 0 Å². The van der Waals surface area contributed by atoms with Crippen molar-refractivity contribution in [3.05, 3.63) is 0 Å². The Balaban J connectivity index is 2.01. The minimum Gasteiger partial charge on any atom is -0.300 e. The average molecular weight is 139 g/mol. The largest absolute Gasteiger partial charge is 0.300 e. The molecule has 10 heavy (non-hydrogen) atoms. The summed E-state index contributed by atoms with van der Waals surface area (Å²) in [6.07, 6.45) is 5.85. The molecule has 2 aliphatic rings. The summed E-state index contributed by atoms with van der Waals surface area (Å²) in [5, 5.41) is 0. The van der Waals surface area contributed by atoms with Crippen LogP contribution in [0.2, 0.25) is 0 Å². The first-order valence-electron chi connectivity index (χ1n) is 4.62. The van der Waals surface area contributed by atoms with E-state index < -0.39 is 0 Å². The Morgan fingerprint density at radius 3 is 2.80 bits per heavy atom. The molecule has 1 nitrogen and oxygen atoms in total. The van der Waals surface area contributed by atoms with Crippen LogP contribution in [-0.4, -0.2) is 24.0 Å². The molecule has 0 spiro atoms. The molecule has 0 saturated carbocycles. The first-order valence-corrected chi connectivity index (χ1v) is 4.62. The van der Waals surface area contributed by atoms with Crippen molar-refractivity contribution >= 4 is 0 Å². The van der Waals surface area contributed by atoms with Crippen LogP contribution in [0.15, 0.2) is 0 Å². The lowest BCUT2D eigenvalue weighted by Gasteiger charge is -2.31. The minimum atomic E-state index is 0.966. The average Bonchev–Trinajstić information content (AvgIpc) is 2.34. The fraction of sp³-hybridized carbons (Fsp3) is 1.00. The summed E-state index contributed by atoms with van der Waals surface area (Å²) in [6, 6.07) is 0.966. The zero-order valence-electron chi connectivity index (χ0n) is 6.84. The fourth-order valence-corrected chi connectivity index (χ4v) is 2.50. The Morgan fingerprint density at radius 1 is 1.10 bits per heavy atom. The molecule has 0 aromatic heterocycles. The van der Waals surface area contributed by atoms with Gasteiger partial charge in [-0.15, -0.1) is 0 Å². The molecule has 2 heterocycles. The lowest BCUT2D eigenvalue weighted by Crippen LogP contribution is -2.36. The molecule has 2 aliphatic heterocycles. The molecule has 2 atom stereocenters. The van der Waals surface area contributed by atoms with Crippen molar-refractivity contribution < 1.29 is 0 Å². The zero-order chi connectivity index (χ0) is 6.97. The van der Waals surface area contributed by atoms with E-state index in [1.165, 1.54) is 38.8 Å². The summed E-state index contributed by atoms with van der Waals surface area (Å²) >= 11 is 0. The monoisotopic (exact) mass is 139 g/mol. The number of piperidine rings is 1. The summed E-state index contributed by atoms with van der Waals surface area (Å²) in [5.41, 5.74) is 0. The van der Waals surface area contributed by atoms with Crippen molar-refractivity contribution in [1.82, 2.24) is 4.90 Å². The van der Waals surface area contributed by atoms with E-state index in [1.54, 1.807) is 0 Å². The Bertz CT molecular complexity index is 120. The topological polar surface area (TPSA) is 3.24 Å². The van der Waals surface area contributed by atoms with Gasteiger partial charge in [-0.2, -0.15) is 0 Å². The lowest BCUT2D eigenvalue weighted by molar-refractivity contribution is 0.177. The van der Waals surface area contributed by atoms with Crippen LogP contribution >= 0.6 is 0 Å². The van der Waals surface area contributed by atoms with Crippen molar-refractivity contribution in [2.75, 3.05) is 13.1 Å². The van der Waals surface area contributed by atoms with Crippen molar-refractivity contribution in [2.24, 2.45) is 5.92 Å². The normalized spacial score (nSPS) is 41.7. The summed E-state index contributed by atoms with van der Waals surface area (Å²) in [7, 11) is 0. The molecule has 0 amide bonds. The number of rotatable bonds is 0. The Hall–Kier alpha value is -0.0400. The van der Waals surface area contributed by atoms with E-state index in [0.29, 0.717) is 0 Å². The van der Waals surface area contributed by atoms with Crippen LogP contribution in [0.3, 0.4) is 0 Å². The summed E-state index contributed by atoms with van der Waals surface area (Å²) in [6.45, 7) is 5.18. The predicted molar refractivity (Wildman–Crippen MR) is 43.0 cm³/mol. The second kappa shape index (κ2) is 2.54. The molecular weight excluding hydrogens is 122 g/mol. The van der Waals surface area contributed by atoms with Crippen LogP contribution in [-0.2, 0) is 0 Å². The quantitative estimate of drug-likeness (QED) is 0.495. The molecule has 2 fully saturated rings. The molecule has 0 N–H and O–H groups in total. The molecule has 0 bridgehead atoms. The van der Waals surface area contributed by atoms with E-state index in [-0.39, 0.29) is 0 Å². The van der Waals surface area contributed by atoms with Crippen LogP contribution in [0.1, 0.15) is 32.6 Å². The molecule has 0 unspecified atom stereocenters. The molecule has 2 saturated heterocycles. The van der Waals surface area contributed by atoms with Gasteiger partial charge in [0.05, 0.1) is 0 Å². The Labute approximate surface area is 63.4 Å². The van der Waals surface area contributed by atoms with E-state index in [4.69, 9.17) is 0 Å². The van der Waals surface area contributed by atoms with Gasteiger partial charge >= 0.3 is 0 Å². The second-order valence-electron chi connectivity index (χ2n) is 3.87. The lowest BCUT2D eigenvalue weighted by atomic mass is 9.95. The maximum Gasteiger partial charge on any atom is 0.0121 e. The van der Waals surface area contributed by atoms with Gasteiger partial charge < -0.3 is 4.90 Å². The van der Waals surface area contributed by atoms with E-state index in [2.05, 4.69) is 11.8 Å². The molecule has 2 rings (SSSR count). The highest BCUT2D eigenvalue weighted by atomic mass is 15.2. The number of nitrogens with zero attached hydrogens (tertiary/aromatic N) is 1. The number of fused-ring (bicyclic) bond motifs is 1. The molecule has 0 aromatic rings. The van der Waals surface area contributed by atoms with E-state index in [1.807, 2.05) is 0 Å². The van der Waals surface area contributed by atoms with Crippen LogP contribution < -0.4 is 0 Å². The first-order chi connectivity index (χ1) is 4.88. The SMILES string of the molecule is C[C@H]1CCN2CCCC[C@H]12. The third-order valence-electron chi connectivity index (χ3n) is 3.19. The predicted octanol–water partition coefficient (Wildman–Crippen LogP) is 1.88. The van der Waals surface area contributed by atoms with Crippen LogP contribution in [0.25, 0.3) is 0 Å². The van der Waals surface area contributed by atoms with Crippen LogP contribution in [0.5, 0.6) is 0 Å². The van der Waals surface area contributed by atoms with Gasteiger partial charge in [0.25, 0.3) is 0 Å². The smallest absolute Gasteiger partial charge is 0.0121 e. The van der Waals surface area contributed by atoms with E-state index in [9.17, 15) is 0 Å². The van der Waals surface area contributed by atoms with Crippen molar-refractivity contribution in [3.63, 3.8) is 0 Å². The Kier molecular flexibility index (Phi) is 1.69. The van der Waals surface area contributed by atoms with Crippen LogP contribution in [0.4, 0.5) is 0 Å². The third-order valence-corrected chi connectivity index (χ3v) is 3.19.